The third-order valence-electron chi connectivity index (χ3n) is 4.57. The molecule has 1 aliphatic rings. The van der Waals surface area contributed by atoms with Gasteiger partial charge in [-0.15, -0.1) is 10.2 Å². The Labute approximate surface area is 171 Å². The van der Waals surface area contributed by atoms with Crippen LogP contribution >= 0.6 is 15.9 Å². The normalized spacial score (nSPS) is 14.0. The van der Waals surface area contributed by atoms with Crippen LogP contribution in [0.15, 0.2) is 65.3 Å². The number of nitrogens with one attached hydrogen (secondary N) is 1. The van der Waals surface area contributed by atoms with Crippen molar-refractivity contribution in [2.45, 2.75) is 0 Å². The molecule has 4 rings (SSSR count). The van der Waals surface area contributed by atoms with Gasteiger partial charge in [0.2, 0.25) is 0 Å². The van der Waals surface area contributed by atoms with Crippen LogP contribution in [0.4, 0.5) is 17.5 Å². The van der Waals surface area contributed by atoms with Gasteiger partial charge in [-0.25, -0.2) is 4.98 Å². The summed E-state index contributed by atoms with van der Waals surface area (Å²) in [4.78, 5) is 20.9. The van der Waals surface area contributed by atoms with Crippen LogP contribution in [0.5, 0.6) is 0 Å². The van der Waals surface area contributed by atoms with Gasteiger partial charge in [0, 0.05) is 36.8 Å². The number of carbonyl (C=O) groups is 1. The van der Waals surface area contributed by atoms with E-state index in [9.17, 15) is 4.79 Å². The largest absolute Gasteiger partial charge is 0.352 e. The second kappa shape index (κ2) is 8.35. The maximum atomic E-state index is 12.7. The van der Waals surface area contributed by atoms with Crippen LogP contribution in [0.2, 0.25) is 0 Å². The van der Waals surface area contributed by atoms with Crippen LogP contribution in [-0.2, 0) is 0 Å². The summed E-state index contributed by atoms with van der Waals surface area (Å²) >= 11 is 3.46. The van der Waals surface area contributed by atoms with E-state index in [2.05, 4.69) is 41.3 Å². The third-order valence-corrected chi connectivity index (χ3v) is 5.26. The Morgan fingerprint density at radius 1 is 0.893 bits per heavy atom. The van der Waals surface area contributed by atoms with Gasteiger partial charge in [-0.3, -0.25) is 4.79 Å². The van der Waals surface area contributed by atoms with Crippen molar-refractivity contribution >= 4 is 39.3 Å². The van der Waals surface area contributed by atoms with Crippen molar-refractivity contribution in [1.82, 2.24) is 20.1 Å². The number of nitrogens with zero attached hydrogens (tertiary/aromatic N) is 5. The number of rotatable bonds is 4. The molecule has 1 fully saturated rings. The topological polar surface area (TPSA) is 74.2 Å². The Morgan fingerprint density at radius 2 is 1.68 bits per heavy atom. The van der Waals surface area contributed by atoms with Crippen LogP contribution < -0.4 is 10.2 Å². The van der Waals surface area contributed by atoms with E-state index in [1.165, 1.54) is 0 Å². The molecule has 0 bridgehead atoms. The van der Waals surface area contributed by atoms with Gasteiger partial charge in [-0.05, 0) is 52.3 Å². The Hall–Kier alpha value is -3.00. The van der Waals surface area contributed by atoms with Gasteiger partial charge in [0.05, 0.1) is 5.56 Å². The summed E-state index contributed by atoms with van der Waals surface area (Å²) in [5.74, 6) is 2.22. The van der Waals surface area contributed by atoms with Crippen molar-refractivity contribution in [1.29, 1.82) is 0 Å². The number of amides is 1. The predicted octanol–water partition coefficient (Wildman–Crippen LogP) is 3.34. The van der Waals surface area contributed by atoms with Crippen molar-refractivity contribution in [2.75, 3.05) is 36.4 Å². The van der Waals surface area contributed by atoms with Gasteiger partial charge in [-0.2, -0.15) is 0 Å². The molecule has 8 heteroatoms. The highest BCUT2D eigenvalue weighted by Gasteiger charge is 2.24. The predicted molar refractivity (Wildman–Crippen MR) is 112 cm³/mol. The standard InChI is InChI=1S/C20H19BrN6O/c21-16-6-2-1-5-15(16)20(28)27-13-11-26(12-14-27)19-9-8-18(24-25-19)23-17-7-3-4-10-22-17/h1-10H,11-14H2,(H,22,23,24). The average molecular weight is 439 g/mol. The van der Waals surface area contributed by atoms with Gasteiger partial charge in [0.1, 0.15) is 5.82 Å². The van der Waals surface area contributed by atoms with E-state index in [0.29, 0.717) is 24.5 Å². The summed E-state index contributed by atoms with van der Waals surface area (Å²) in [5, 5.41) is 11.7. The Bertz CT molecular complexity index is 942. The van der Waals surface area contributed by atoms with Gasteiger partial charge in [0.25, 0.3) is 5.91 Å². The lowest BCUT2D eigenvalue weighted by Gasteiger charge is -2.35. The Balaban J connectivity index is 1.36. The highest BCUT2D eigenvalue weighted by molar-refractivity contribution is 9.10. The molecule has 0 spiro atoms. The van der Waals surface area contributed by atoms with Crippen LogP contribution in [0.3, 0.4) is 0 Å². The van der Waals surface area contributed by atoms with Gasteiger partial charge < -0.3 is 15.1 Å². The zero-order valence-corrected chi connectivity index (χ0v) is 16.7. The van der Waals surface area contributed by atoms with Crippen LogP contribution in [0.25, 0.3) is 0 Å². The Kier molecular flexibility index (Phi) is 5.48. The summed E-state index contributed by atoms with van der Waals surface area (Å²) < 4.78 is 0.823. The summed E-state index contributed by atoms with van der Waals surface area (Å²) in [6, 6.07) is 17.0. The molecule has 0 unspecified atom stereocenters. The van der Waals surface area contributed by atoms with E-state index < -0.39 is 0 Å². The zero-order chi connectivity index (χ0) is 19.3. The van der Waals surface area contributed by atoms with Crippen LogP contribution in [0, 0.1) is 0 Å². The molecule has 3 heterocycles. The first-order chi connectivity index (χ1) is 13.7. The molecule has 1 saturated heterocycles. The molecule has 1 aromatic carbocycles. The SMILES string of the molecule is O=C(c1ccccc1Br)N1CCN(c2ccc(Nc3ccccn3)nn2)CC1. The van der Waals surface area contributed by atoms with E-state index in [4.69, 9.17) is 0 Å². The minimum Gasteiger partial charge on any atom is -0.352 e. The highest BCUT2D eigenvalue weighted by atomic mass is 79.9. The molecular formula is C20H19BrN6O. The van der Waals surface area contributed by atoms with E-state index >= 15 is 0 Å². The second-order valence-corrected chi connectivity index (χ2v) is 7.23. The first-order valence-electron chi connectivity index (χ1n) is 9.01. The smallest absolute Gasteiger partial charge is 0.255 e. The summed E-state index contributed by atoms with van der Waals surface area (Å²) in [7, 11) is 0. The van der Waals surface area contributed by atoms with E-state index in [0.717, 1.165) is 29.2 Å². The number of pyridine rings is 1. The number of halogens is 1. The van der Waals surface area contributed by atoms with Crippen molar-refractivity contribution in [3.63, 3.8) is 0 Å². The summed E-state index contributed by atoms with van der Waals surface area (Å²) in [5.41, 5.74) is 0.695. The molecule has 28 heavy (non-hydrogen) atoms. The molecule has 0 saturated carbocycles. The fourth-order valence-electron chi connectivity index (χ4n) is 3.07. The second-order valence-electron chi connectivity index (χ2n) is 6.38. The molecule has 1 aliphatic heterocycles. The molecule has 3 aromatic rings. The van der Waals surface area contributed by atoms with Crippen molar-refractivity contribution < 1.29 is 4.79 Å². The molecule has 1 amide bonds. The fourth-order valence-corrected chi connectivity index (χ4v) is 3.53. The number of hydrogen-bond acceptors (Lipinski definition) is 6. The third kappa shape index (κ3) is 4.12. The van der Waals surface area contributed by atoms with Crippen LogP contribution in [0.1, 0.15) is 10.4 Å². The van der Waals surface area contributed by atoms with E-state index in [-0.39, 0.29) is 5.91 Å². The molecule has 0 aliphatic carbocycles. The summed E-state index contributed by atoms with van der Waals surface area (Å²) in [6.45, 7) is 2.74. The quantitative estimate of drug-likeness (QED) is 0.673. The number of anilines is 3. The number of piperazine rings is 1. The molecule has 2 aromatic heterocycles. The first-order valence-corrected chi connectivity index (χ1v) is 9.80. The van der Waals surface area contributed by atoms with Gasteiger partial charge in [0.15, 0.2) is 11.6 Å². The molecule has 142 valence electrons. The number of carbonyl (C=O) groups excluding carboxylic acids is 1. The average Bonchev–Trinajstić information content (AvgIpc) is 2.75. The summed E-state index contributed by atoms with van der Waals surface area (Å²) in [6.07, 6.45) is 1.72. The lowest BCUT2D eigenvalue weighted by Crippen LogP contribution is -2.49. The van der Waals surface area contributed by atoms with Crippen molar-refractivity contribution in [2.24, 2.45) is 0 Å². The van der Waals surface area contributed by atoms with Gasteiger partial charge >= 0.3 is 0 Å². The maximum absolute atomic E-state index is 12.7. The minimum absolute atomic E-state index is 0.0492. The fraction of sp³-hybridized carbons (Fsp3) is 0.200. The van der Waals surface area contributed by atoms with E-state index in [1.807, 2.05) is 59.5 Å². The maximum Gasteiger partial charge on any atom is 0.255 e. The van der Waals surface area contributed by atoms with Crippen molar-refractivity contribution in [3.05, 3.63) is 70.8 Å². The van der Waals surface area contributed by atoms with Crippen molar-refractivity contribution in [3.8, 4) is 0 Å². The molecule has 7 nitrogen and oxygen atoms in total. The van der Waals surface area contributed by atoms with Crippen LogP contribution in [-0.4, -0.2) is 52.2 Å². The number of aromatic nitrogens is 3. The lowest BCUT2D eigenvalue weighted by molar-refractivity contribution is 0.0745. The van der Waals surface area contributed by atoms with Gasteiger partial charge in [-0.1, -0.05) is 18.2 Å². The lowest BCUT2D eigenvalue weighted by atomic mass is 10.2. The molecule has 1 N–H and O–H groups in total. The minimum atomic E-state index is 0.0492. The number of benzene rings is 1. The highest BCUT2D eigenvalue weighted by Crippen LogP contribution is 2.20. The molecule has 0 atom stereocenters. The number of hydrogen-bond donors (Lipinski definition) is 1. The monoisotopic (exact) mass is 438 g/mol. The Morgan fingerprint density at radius 3 is 2.36 bits per heavy atom. The first kappa shape index (κ1) is 18.4. The molecular weight excluding hydrogens is 420 g/mol. The molecule has 0 radical (unpaired) electrons. The zero-order valence-electron chi connectivity index (χ0n) is 15.1. The van der Waals surface area contributed by atoms with E-state index in [1.54, 1.807) is 6.20 Å².